The first kappa shape index (κ1) is 14.2. The van der Waals surface area contributed by atoms with Gasteiger partial charge in [0.1, 0.15) is 16.4 Å². The lowest BCUT2D eigenvalue weighted by Gasteiger charge is -2.32. The van der Waals surface area contributed by atoms with Crippen LogP contribution in [0.5, 0.6) is 0 Å². The molecule has 0 amide bonds. The summed E-state index contributed by atoms with van der Waals surface area (Å²) in [5.74, 6) is -2.17. The molecule has 0 aromatic heterocycles. The molecule has 1 aliphatic rings. The first-order valence-corrected chi connectivity index (χ1v) is 7.55. The highest BCUT2D eigenvalue weighted by Gasteiger charge is 2.33. The third kappa shape index (κ3) is 2.44. The Hall–Kier alpha value is -1.21. The minimum absolute atomic E-state index is 0.190. The fourth-order valence-electron chi connectivity index (χ4n) is 2.30. The van der Waals surface area contributed by atoms with Crippen LogP contribution in [0.4, 0.5) is 14.5 Å². The van der Waals surface area contributed by atoms with E-state index < -0.39 is 32.2 Å². The molecule has 1 saturated heterocycles. The van der Waals surface area contributed by atoms with Gasteiger partial charge in [0.25, 0.3) is 0 Å². The van der Waals surface area contributed by atoms with E-state index in [1.807, 2.05) is 0 Å². The number of anilines is 1. The zero-order chi connectivity index (χ0) is 14.2. The molecule has 0 bridgehead atoms. The summed E-state index contributed by atoms with van der Waals surface area (Å²) in [5, 5.41) is 0. The van der Waals surface area contributed by atoms with E-state index in [-0.39, 0.29) is 6.04 Å². The molecule has 1 fully saturated rings. The van der Waals surface area contributed by atoms with Gasteiger partial charge >= 0.3 is 0 Å². The van der Waals surface area contributed by atoms with Crippen molar-refractivity contribution in [1.29, 1.82) is 0 Å². The summed E-state index contributed by atoms with van der Waals surface area (Å²) in [6, 6.07) is 1.61. The molecule has 0 aliphatic carbocycles. The maximum atomic E-state index is 13.9. The monoisotopic (exact) mass is 290 g/mol. The van der Waals surface area contributed by atoms with Crippen molar-refractivity contribution in [3.63, 3.8) is 0 Å². The van der Waals surface area contributed by atoms with Gasteiger partial charge in [-0.1, -0.05) is 6.42 Å². The molecular weight excluding hydrogens is 274 g/mol. The molecule has 0 radical (unpaired) electrons. The molecule has 0 saturated carbocycles. The van der Waals surface area contributed by atoms with Crippen LogP contribution in [0.25, 0.3) is 0 Å². The van der Waals surface area contributed by atoms with Crippen molar-refractivity contribution >= 4 is 15.7 Å². The lowest BCUT2D eigenvalue weighted by molar-refractivity contribution is 0.268. The fraction of sp³-hybridized carbons (Fsp3) is 0.500. The van der Waals surface area contributed by atoms with Crippen molar-refractivity contribution in [2.75, 3.05) is 12.3 Å². The summed E-state index contributed by atoms with van der Waals surface area (Å²) < 4.78 is 53.0. The fourth-order valence-corrected chi connectivity index (χ4v) is 4.08. The van der Waals surface area contributed by atoms with E-state index in [0.717, 1.165) is 31.4 Å². The summed E-state index contributed by atoms with van der Waals surface area (Å²) in [6.07, 6.45) is 2.42. The molecule has 19 heavy (non-hydrogen) atoms. The number of nitrogens with two attached hydrogens (primary N) is 1. The van der Waals surface area contributed by atoms with Crippen molar-refractivity contribution in [1.82, 2.24) is 4.31 Å². The van der Waals surface area contributed by atoms with Gasteiger partial charge in [-0.3, -0.25) is 0 Å². The quantitative estimate of drug-likeness (QED) is 0.848. The van der Waals surface area contributed by atoms with Crippen LogP contribution in [0.2, 0.25) is 0 Å². The van der Waals surface area contributed by atoms with Gasteiger partial charge in [0.05, 0.1) is 0 Å². The van der Waals surface area contributed by atoms with E-state index in [0.29, 0.717) is 6.54 Å². The second-order valence-electron chi connectivity index (χ2n) is 4.73. The van der Waals surface area contributed by atoms with Gasteiger partial charge in [-0.2, -0.15) is 4.31 Å². The molecule has 2 N–H and O–H groups in total. The molecule has 1 aromatic rings. The molecule has 1 heterocycles. The largest absolute Gasteiger partial charge is 0.394 e. The van der Waals surface area contributed by atoms with Crippen molar-refractivity contribution < 1.29 is 17.2 Å². The smallest absolute Gasteiger partial charge is 0.246 e. The Morgan fingerprint density at radius 1 is 1.32 bits per heavy atom. The number of nitrogen functional groups attached to an aromatic ring is 1. The molecule has 2 rings (SSSR count). The van der Waals surface area contributed by atoms with Crippen LogP contribution in [0, 0.1) is 11.6 Å². The van der Waals surface area contributed by atoms with E-state index >= 15 is 0 Å². The normalized spacial score (nSPS) is 21.5. The Morgan fingerprint density at radius 3 is 2.63 bits per heavy atom. The van der Waals surface area contributed by atoms with Gasteiger partial charge in [-0.05, 0) is 31.9 Å². The molecule has 7 heteroatoms. The van der Waals surface area contributed by atoms with Gasteiger partial charge in [0, 0.05) is 12.6 Å². The SMILES string of the molecule is CC1CCCCN1S(=O)(=O)c1ccc(F)c(N)c1F. The van der Waals surface area contributed by atoms with Gasteiger partial charge < -0.3 is 5.73 Å². The zero-order valence-corrected chi connectivity index (χ0v) is 11.4. The molecule has 4 nitrogen and oxygen atoms in total. The zero-order valence-electron chi connectivity index (χ0n) is 10.6. The summed E-state index contributed by atoms with van der Waals surface area (Å²) in [7, 11) is -3.97. The number of piperidine rings is 1. The van der Waals surface area contributed by atoms with E-state index in [4.69, 9.17) is 5.73 Å². The minimum atomic E-state index is -3.97. The Kier molecular flexibility index (Phi) is 3.78. The van der Waals surface area contributed by atoms with Crippen LogP contribution in [-0.2, 0) is 10.0 Å². The highest BCUT2D eigenvalue weighted by atomic mass is 32.2. The van der Waals surface area contributed by atoms with Gasteiger partial charge in [-0.15, -0.1) is 0 Å². The van der Waals surface area contributed by atoms with E-state index in [2.05, 4.69) is 0 Å². The van der Waals surface area contributed by atoms with Crippen LogP contribution < -0.4 is 5.73 Å². The number of nitrogens with zero attached hydrogens (tertiary/aromatic N) is 1. The Labute approximate surface area is 111 Å². The lowest BCUT2D eigenvalue weighted by Crippen LogP contribution is -2.42. The molecular formula is C12H16F2N2O2S. The van der Waals surface area contributed by atoms with Gasteiger partial charge in [0.15, 0.2) is 5.82 Å². The molecule has 1 unspecified atom stereocenters. The van der Waals surface area contributed by atoms with Gasteiger partial charge in [0.2, 0.25) is 10.0 Å². The first-order chi connectivity index (χ1) is 8.85. The average Bonchev–Trinajstić information content (AvgIpc) is 2.36. The highest BCUT2D eigenvalue weighted by molar-refractivity contribution is 7.89. The number of rotatable bonds is 2. The maximum absolute atomic E-state index is 13.9. The van der Waals surface area contributed by atoms with Crippen molar-refractivity contribution in [3.05, 3.63) is 23.8 Å². The van der Waals surface area contributed by atoms with Crippen molar-refractivity contribution in [3.8, 4) is 0 Å². The number of hydrogen-bond acceptors (Lipinski definition) is 3. The number of sulfonamides is 1. The van der Waals surface area contributed by atoms with E-state index in [9.17, 15) is 17.2 Å². The minimum Gasteiger partial charge on any atom is -0.394 e. The predicted molar refractivity (Wildman–Crippen MR) is 68.0 cm³/mol. The molecule has 106 valence electrons. The Morgan fingerprint density at radius 2 is 2.00 bits per heavy atom. The van der Waals surface area contributed by atoms with Crippen LogP contribution in [0.15, 0.2) is 17.0 Å². The van der Waals surface area contributed by atoms with Crippen LogP contribution in [0.3, 0.4) is 0 Å². The van der Waals surface area contributed by atoms with Crippen LogP contribution in [-0.4, -0.2) is 25.3 Å². The lowest BCUT2D eigenvalue weighted by atomic mass is 10.1. The Balaban J connectivity index is 2.48. The van der Waals surface area contributed by atoms with Crippen LogP contribution >= 0.6 is 0 Å². The Bertz CT molecular complexity index is 590. The standard InChI is InChI=1S/C12H16F2N2O2S/c1-8-4-2-3-7-16(8)19(17,18)10-6-5-9(13)12(15)11(10)14/h5-6,8H,2-4,7,15H2,1H3. The predicted octanol–water partition coefficient (Wildman–Crippen LogP) is 2.11. The number of hydrogen-bond donors (Lipinski definition) is 1. The molecule has 1 atom stereocenters. The third-order valence-electron chi connectivity index (χ3n) is 3.42. The highest BCUT2D eigenvalue weighted by Crippen LogP contribution is 2.29. The van der Waals surface area contributed by atoms with E-state index in [1.165, 1.54) is 4.31 Å². The third-order valence-corrected chi connectivity index (χ3v) is 5.45. The molecule has 1 aliphatic heterocycles. The second kappa shape index (κ2) is 5.05. The average molecular weight is 290 g/mol. The molecule has 0 spiro atoms. The second-order valence-corrected chi connectivity index (χ2v) is 6.59. The molecule has 1 aromatic carbocycles. The summed E-state index contributed by atoms with van der Waals surface area (Å²) in [6.45, 7) is 2.13. The van der Waals surface area contributed by atoms with Gasteiger partial charge in [-0.25, -0.2) is 17.2 Å². The van der Waals surface area contributed by atoms with E-state index in [1.54, 1.807) is 6.92 Å². The number of benzene rings is 1. The van der Waals surface area contributed by atoms with Crippen molar-refractivity contribution in [2.45, 2.75) is 37.1 Å². The topological polar surface area (TPSA) is 63.4 Å². The van der Waals surface area contributed by atoms with Crippen molar-refractivity contribution in [2.24, 2.45) is 0 Å². The maximum Gasteiger partial charge on any atom is 0.246 e. The first-order valence-electron chi connectivity index (χ1n) is 6.11. The summed E-state index contributed by atoms with van der Waals surface area (Å²) in [5.41, 5.74) is 4.45. The summed E-state index contributed by atoms with van der Waals surface area (Å²) >= 11 is 0. The number of halogens is 2. The summed E-state index contributed by atoms with van der Waals surface area (Å²) in [4.78, 5) is -0.555. The van der Waals surface area contributed by atoms with Crippen LogP contribution in [0.1, 0.15) is 26.2 Å².